The first-order valence-electron chi connectivity index (χ1n) is 14.7. The van der Waals surface area contributed by atoms with Crippen LogP contribution in [0.5, 0.6) is 0 Å². The molecule has 0 bridgehead atoms. The molecule has 2 aromatic rings. The number of benzene rings is 1. The normalized spacial score (nSPS) is 15.0. The van der Waals surface area contributed by atoms with E-state index in [0.717, 1.165) is 61.3 Å². The SMILES string of the molecule is CCCN(Cc1ccc2c(c1)CN(C)C2)C(=O)C1=Cc2sc(CCCCCNC(=O)OC(C)(C)C)cc2N=C(N)C1. The number of fused-ring (bicyclic) bond motifs is 2. The molecule has 0 radical (unpaired) electrons. The van der Waals surface area contributed by atoms with E-state index in [0.29, 0.717) is 37.5 Å². The molecule has 0 saturated heterocycles. The van der Waals surface area contributed by atoms with Crippen LogP contribution < -0.4 is 11.1 Å². The van der Waals surface area contributed by atoms with Gasteiger partial charge in [0, 0.05) is 49.6 Å². The number of amides is 2. The highest BCUT2D eigenvalue weighted by atomic mass is 32.1. The number of amidine groups is 1. The molecule has 222 valence electrons. The van der Waals surface area contributed by atoms with Crippen LogP contribution in [0.4, 0.5) is 10.5 Å². The topological polar surface area (TPSA) is 100 Å². The Morgan fingerprint density at radius 1 is 1.15 bits per heavy atom. The molecule has 2 aliphatic heterocycles. The Hall–Kier alpha value is -3.17. The molecule has 9 heteroatoms. The van der Waals surface area contributed by atoms with Crippen LogP contribution in [0, 0.1) is 0 Å². The number of carbonyl (C=O) groups excluding carboxylic acids is 2. The van der Waals surface area contributed by atoms with E-state index in [9.17, 15) is 9.59 Å². The van der Waals surface area contributed by atoms with Gasteiger partial charge in [-0.3, -0.25) is 9.69 Å². The molecular formula is C32H45N5O3S. The van der Waals surface area contributed by atoms with Crippen molar-refractivity contribution in [3.63, 3.8) is 0 Å². The third-order valence-corrected chi connectivity index (χ3v) is 8.21. The number of hydrogen-bond acceptors (Lipinski definition) is 7. The van der Waals surface area contributed by atoms with Gasteiger partial charge in [0.2, 0.25) is 0 Å². The Morgan fingerprint density at radius 3 is 2.68 bits per heavy atom. The van der Waals surface area contributed by atoms with E-state index in [4.69, 9.17) is 10.5 Å². The highest BCUT2D eigenvalue weighted by Gasteiger charge is 2.24. The Bertz CT molecular complexity index is 1310. The molecule has 0 aliphatic carbocycles. The lowest BCUT2D eigenvalue weighted by Crippen LogP contribution is -2.33. The number of nitrogens with two attached hydrogens (primary N) is 1. The molecular weight excluding hydrogens is 534 g/mol. The quantitative estimate of drug-likeness (QED) is 0.311. The van der Waals surface area contributed by atoms with E-state index in [1.165, 1.54) is 16.0 Å². The van der Waals surface area contributed by atoms with Crippen molar-refractivity contribution in [2.45, 2.75) is 91.5 Å². The zero-order valence-corrected chi connectivity index (χ0v) is 26.0. The summed E-state index contributed by atoms with van der Waals surface area (Å²) < 4.78 is 5.28. The Balaban J connectivity index is 1.36. The molecule has 4 rings (SSSR count). The van der Waals surface area contributed by atoms with Gasteiger partial charge in [-0.05, 0) is 82.3 Å². The predicted octanol–water partition coefficient (Wildman–Crippen LogP) is 6.15. The van der Waals surface area contributed by atoms with Gasteiger partial charge >= 0.3 is 6.09 Å². The summed E-state index contributed by atoms with van der Waals surface area (Å²) in [6.07, 6.45) is 6.69. The van der Waals surface area contributed by atoms with Gasteiger partial charge in [0.05, 0.1) is 10.6 Å². The second-order valence-electron chi connectivity index (χ2n) is 12.2. The first kappa shape index (κ1) is 30.8. The third-order valence-electron chi connectivity index (χ3n) is 7.08. The Kier molecular flexibility index (Phi) is 10.3. The Morgan fingerprint density at radius 2 is 1.93 bits per heavy atom. The molecule has 0 fully saturated rings. The van der Waals surface area contributed by atoms with Gasteiger partial charge < -0.3 is 20.7 Å². The summed E-state index contributed by atoms with van der Waals surface area (Å²) in [5.74, 6) is 0.501. The minimum atomic E-state index is -0.486. The molecule has 3 heterocycles. The summed E-state index contributed by atoms with van der Waals surface area (Å²) in [5.41, 5.74) is 11.3. The number of unbranched alkanes of at least 4 members (excludes halogenated alkanes) is 2. The molecule has 0 saturated carbocycles. The van der Waals surface area contributed by atoms with Crippen molar-refractivity contribution in [3.8, 4) is 0 Å². The van der Waals surface area contributed by atoms with Crippen molar-refractivity contribution in [1.82, 2.24) is 15.1 Å². The molecule has 8 nitrogen and oxygen atoms in total. The van der Waals surface area contributed by atoms with Crippen molar-refractivity contribution in [1.29, 1.82) is 0 Å². The number of rotatable bonds is 11. The minimum absolute atomic E-state index is 0.0305. The third kappa shape index (κ3) is 8.91. The van der Waals surface area contributed by atoms with Gasteiger partial charge in [-0.2, -0.15) is 0 Å². The lowest BCUT2D eigenvalue weighted by Gasteiger charge is -2.24. The number of aryl methyl sites for hydroxylation is 1. The number of carbonyl (C=O) groups is 2. The van der Waals surface area contributed by atoms with Crippen molar-refractivity contribution in [3.05, 3.63) is 56.3 Å². The average Bonchev–Trinajstić information content (AvgIpc) is 3.40. The van der Waals surface area contributed by atoms with Gasteiger partial charge in [0.25, 0.3) is 5.91 Å². The molecule has 41 heavy (non-hydrogen) atoms. The number of alkyl carbamates (subject to hydrolysis) is 1. The molecule has 2 amide bonds. The lowest BCUT2D eigenvalue weighted by molar-refractivity contribution is -0.127. The highest BCUT2D eigenvalue weighted by Crippen LogP contribution is 2.35. The molecule has 1 aromatic carbocycles. The van der Waals surface area contributed by atoms with Crippen LogP contribution in [0.25, 0.3) is 6.08 Å². The van der Waals surface area contributed by atoms with Crippen LogP contribution in [0.15, 0.2) is 34.8 Å². The second-order valence-corrected chi connectivity index (χ2v) is 13.3. The van der Waals surface area contributed by atoms with Crippen molar-refractivity contribution < 1.29 is 14.3 Å². The molecule has 0 atom stereocenters. The van der Waals surface area contributed by atoms with Crippen LogP contribution in [0.2, 0.25) is 0 Å². The van der Waals surface area contributed by atoms with Crippen molar-refractivity contribution >= 4 is 40.9 Å². The van der Waals surface area contributed by atoms with Crippen LogP contribution in [0.1, 0.15) is 86.2 Å². The Labute approximate surface area is 248 Å². The van der Waals surface area contributed by atoms with E-state index >= 15 is 0 Å². The van der Waals surface area contributed by atoms with Gasteiger partial charge in [0.1, 0.15) is 11.4 Å². The first-order chi connectivity index (χ1) is 19.5. The summed E-state index contributed by atoms with van der Waals surface area (Å²) in [6.45, 7) is 11.5. The minimum Gasteiger partial charge on any atom is -0.444 e. The van der Waals surface area contributed by atoms with Crippen LogP contribution in [0.3, 0.4) is 0 Å². The second kappa shape index (κ2) is 13.7. The molecule has 0 unspecified atom stereocenters. The molecule has 1 aromatic heterocycles. The summed E-state index contributed by atoms with van der Waals surface area (Å²) in [5, 5.41) is 2.81. The van der Waals surface area contributed by atoms with Gasteiger partial charge in [-0.1, -0.05) is 31.5 Å². The van der Waals surface area contributed by atoms with Gasteiger partial charge in [-0.25, -0.2) is 9.79 Å². The maximum Gasteiger partial charge on any atom is 0.407 e. The smallest absolute Gasteiger partial charge is 0.407 e. The number of thiophene rings is 1. The van der Waals surface area contributed by atoms with Crippen LogP contribution in [-0.4, -0.2) is 53.4 Å². The zero-order valence-electron chi connectivity index (χ0n) is 25.2. The molecule has 2 aliphatic rings. The number of ether oxygens (including phenoxy) is 1. The summed E-state index contributed by atoms with van der Waals surface area (Å²) in [6, 6.07) is 8.71. The van der Waals surface area contributed by atoms with E-state index in [1.807, 2.05) is 31.7 Å². The zero-order chi connectivity index (χ0) is 29.6. The number of nitrogens with one attached hydrogen (secondary N) is 1. The maximum atomic E-state index is 13.8. The van der Waals surface area contributed by atoms with E-state index in [1.54, 1.807) is 11.3 Å². The lowest BCUT2D eigenvalue weighted by atomic mass is 10.0. The summed E-state index contributed by atoms with van der Waals surface area (Å²) in [4.78, 5) is 36.7. The first-order valence-corrected chi connectivity index (χ1v) is 15.5. The van der Waals surface area contributed by atoms with Gasteiger partial charge in [-0.15, -0.1) is 11.3 Å². The van der Waals surface area contributed by atoms with E-state index < -0.39 is 5.60 Å². The summed E-state index contributed by atoms with van der Waals surface area (Å²) >= 11 is 1.69. The van der Waals surface area contributed by atoms with Crippen LogP contribution >= 0.6 is 11.3 Å². The van der Waals surface area contributed by atoms with Crippen LogP contribution in [-0.2, 0) is 35.6 Å². The number of aliphatic imine (C=N–C) groups is 1. The predicted molar refractivity (Wildman–Crippen MR) is 167 cm³/mol. The van der Waals surface area contributed by atoms with Crippen molar-refractivity contribution in [2.24, 2.45) is 10.7 Å². The fourth-order valence-electron chi connectivity index (χ4n) is 5.26. The van der Waals surface area contributed by atoms with Gasteiger partial charge in [0.15, 0.2) is 0 Å². The molecule has 3 N–H and O–H groups in total. The largest absolute Gasteiger partial charge is 0.444 e. The molecule has 0 spiro atoms. The fourth-order valence-corrected chi connectivity index (χ4v) is 6.37. The number of nitrogens with zero attached hydrogens (tertiary/aromatic N) is 3. The van der Waals surface area contributed by atoms with Crippen molar-refractivity contribution in [2.75, 3.05) is 20.1 Å². The fraction of sp³-hybridized carbons (Fsp3) is 0.531. The monoisotopic (exact) mass is 579 g/mol. The standard InChI is InChI=1S/C32H45N5O3S/c1-6-14-37(19-22-11-12-23-20-36(5)21-25(23)15-22)30(38)24-16-28-27(35-29(33)17-24)18-26(41-28)10-8-7-9-13-34-31(39)40-32(2,3)4/h11-12,15-16,18H,6-10,13-14,17,19-21H2,1-5H3,(H2,33,35)(H,34,39). The highest BCUT2D eigenvalue weighted by molar-refractivity contribution is 7.13. The van der Waals surface area contributed by atoms with E-state index in [-0.39, 0.29) is 12.0 Å². The maximum absolute atomic E-state index is 13.8. The van der Waals surface area contributed by atoms with E-state index in [2.05, 4.69) is 53.4 Å². The average molecular weight is 580 g/mol. The number of hydrogen-bond donors (Lipinski definition) is 2. The summed E-state index contributed by atoms with van der Waals surface area (Å²) in [7, 11) is 2.13.